The van der Waals surface area contributed by atoms with E-state index in [1.807, 2.05) is 71.4 Å². The Bertz CT molecular complexity index is 1200. The molecule has 0 unspecified atom stereocenters. The molecule has 7 nitrogen and oxygen atoms in total. The molecular formula is C24H24N4O3S. The first kappa shape index (κ1) is 21.7. The molecule has 1 fully saturated rings. The van der Waals surface area contributed by atoms with Gasteiger partial charge in [-0.05, 0) is 36.5 Å². The van der Waals surface area contributed by atoms with E-state index in [4.69, 9.17) is 17.0 Å². The molecule has 1 aromatic heterocycles. The van der Waals surface area contributed by atoms with E-state index in [9.17, 15) is 9.59 Å². The predicted molar refractivity (Wildman–Crippen MR) is 129 cm³/mol. The van der Waals surface area contributed by atoms with Crippen molar-refractivity contribution < 1.29 is 14.3 Å². The van der Waals surface area contributed by atoms with E-state index in [1.165, 1.54) is 4.90 Å². The minimum Gasteiger partial charge on any atom is -0.383 e. The van der Waals surface area contributed by atoms with Crippen LogP contribution in [0.4, 0.5) is 5.69 Å². The summed E-state index contributed by atoms with van der Waals surface area (Å²) < 4.78 is 6.87. The molecule has 32 heavy (non-hydrogen) atoms. The Morgan fingerprint density at radius 2 is 1.84 bits per heavy atom. The molecule has 8 heteroatoms. The van der Waals surface area contributed by atoms with Crippen molar-refractivity contribution in [3.05, 3.63) is 72.1 Å². The average molecular weight is 449 g/mol. The van der Waals surface area contributed by atoms with Crippen LogP contribution in [0, 0.1) is 0 Å². The summed E-state index contributed by atoms with van der Waals surface area (Å²) in [6.45, 7) is 1.09. The number of rotatable bonds is 7. The third-order valence-electron chi connectivity index (χ3n) is 5.33. The van der Waals surface area contributed by atoms with Gasteiger partial charge in [0.25, 0.3) is 5.91 Å². The molecule has 1 aliphatic heterocycles. The second kappa shape index (κ2) is 9.33. The summed E-state index contributed by atoms with van der Waals surface area (Å²) >= 11 is 5.55. The summed E-state index contributed by atoms with van der Waals surface area (Å²) in [4.78, 5) is 28.8. The van der Waals surface area contributed by atoms with Gasteiger partial charge in [-0.25, -0.2) is 0 Å². The fourth-order valence-corrected chi connectivity index (χ4v) is 4.02. The molecule has 0 atom stereocenters. The zero-order chi connectivity index (χ0) is 22.7. The molecule has 4 rings (SSSR count). The summed E-state index contributed by atoms with van der Waals surface area (Å²) in [6.07, 6.45) is 3.72. The highest BCUT2D eigenvalue weighted by Crippen LogP contribution is 2.30. The molecule has 1 N–H and O–H groups in total. The number of hydrogen-bond donors (Lipinski definition) is 1. The van der Waals surface area contributed by atoms with Crippen LogP contribution in [-0.4, -0.2) is 53.7 Å². The zero-order valence-corrected chi connectivity index (χ0v) is 18.8. The Labute approximate surface area is 191 Å². The second-order valence-electron chi connectivity index (χ2n) is 7.42. The molecule has 2 aromatic carbocycles. The molecule has 1 aliphatic rings. The Balaban J connectivity index is 1.67. The van der Waals surface area contributed by atoms with Gasteiger partial charge in [-0.2, -0.15) is 0 Å². The summed E-state index contributed by atoms with van der Waals surface area (Å²) in [6, 6.07) is 17.2. The van der Waals surface area contributed by atoms with Gasteiger partial charge in [-0.15, -0.1) is 0 Å². The van der Waals surface area contributed by atoms with Crippen molar-refractivity contribution in [1.29, 1.82) is 0 Å². The van der Waals surface area contributed by atoms with Crippen molar-refractivity contribution in [1.82, 2.24) is 14.8 Å². The number of benzene rings is 2. The van der Waals surface area contributed by atoms with Gasteiger partial charge < -0.3 is 19.5 Å². The molecule has 1 saturated heterocycles. The lowest BCUT2D eigenvalue weighted by molar-refractivity contribution is -0.121. The Hall–Kier alpha value is -3.49. The maximum absolute atomic E-state index is 13.2. The van der Waals surface area contributed by atoms with E-state index in [1.54, 1.807) is 19.1 Å². The lowest BCUT2D eigenvalue weighted by Crippen LogP contribution is -2.30. The number of anilines is 1. The van der Waals surface area contributed by atoms with Gasteiger partial charge in [0, 0.05) is 43.4 Å². The number of ether oxygens (including phenoxy) is 1. The second-order valence-corrected chi connectivity index (χ2v) is 7.78. The van der Waals surface area contributed by atoms with Gasteiger partial charge in [0.05, 0.1) is 12.3 Å². The van der Waals surface area contributed by atoms with Gasteiger partial charge in [0.15, 0.2) is 5.11 Å². The van der Waals surface area contributed by atoms with Crippen molar-refractivity contribution in [3.8, 4) is 0 Å². The summed E-state index contributed by atoms with van der Waals surface area (Å²) in [5.74, 6) is -0.287. The number of fused-ring (bicyclic) bond motifs is 1. The first-order chi connectivity index (χ1) is 15.5. The van der Waals surface area contributed by atoms with Crippen molar-refractivity contribution >= 4 is 51.8 Å². The van der Waals surface area contributed by atoms with Crippen molar-refractivity contribution in [2.45, 2.75) is 6.54 Å². The molecule has 0 bridgehead atoms. The van der Waals surface area contributed by atoms with Crippen LogP contribution in [0.1, 0.15) is 5.56 Å². The zero-order valence-electron chi connectivity index (χ0n) is 17.9. The van der Waals surface area contributed by atoms with Crippen LogP contribution >= 0.6 is 12.2 Å². The molecule has 0 spiro atoms. The van der Waals surface area contributed by atoms with Crippen molar-refractivity contribution in [3.63, 3.8) is 0 Å². The van der Waals surface area contributed by atoms with Crippen LogP contribution in [0.2, 0.25) is 0 Å². The van der Waals surface area contributed by atoms with Crippen molar-refractivity contribution in [2.75, 3.05) is 32.2 Å². The monoisotopic (exact) mass is 448 g/mol. The van der Waals surface area contributed by atoms with Gasteiger partial charge in [-0.1, -0.05) is 36.4 Å². The van der Waals surface area contributed by atoms with Crippen molar-refractivity contribution in [2.24, 2.45) is 0 Å². The van der Waals surface area contributed by atoms with Crippen LogP contribution in [0.3, 0.4) is 0 Å². The van der Waals surface area contributed by atoms with Gasteiger partial charge >= 0.3 is 0 Å². The number of para-hydroxylation sites is 2. The van der Waals surface area contributed by atoms with Crippen LogP contribution < -0.4 is 10.2 Å². The van der Waals surface area contributed by atoms with E-state index >= 15 is 0 Å². The number of nitrogens with one attached hydrogen (secondary N) is 1. The standard InChI is InChI=1S/C24H24N4O3S/c1-26-21(23(30)28(24(26)32)18-8-4-3-5-9-18)14-17-15-27(16-22(29)25-12-13-31-2)20-11-7-6-10-19(17)20/h3-11,14-15H,12-13,16H2,1-2H3,(H,25,29)/b21-14-. The van der Waals surface area contributed by atoms with E-state index in [0.29, 0.717) is 24.0 Å². The molecule has 0 saturated carbocycles. The highest BCUT2D eigenvalue weighted by molar-refractivity contribution is 7.80. The number of carbonyl (C=O) groups is 2. The number of carbonyl (C=O) groups excluding carboxylic acids is 2. The molecule has 3 aromatic rings. The van der Waals surface area contributed by atoms with E-state index in [2.05, 4.69) is 5.32 Å². The lowest BCUT2D eigenvalue weighted by Gasteiger charge is -2.16. The fraction of sp³-hybridized carbons (Fsp3) is 0.208. The first-order valence-corrected chi connectivity index (χ1v) is 10.6. The first-order valence-electron chi connectivity index (χ1n) is 10.2. The molecule has 0 aliphatic carbocycles. The average Bonchev–Trinajstić information content (AvgIpc) is 3.24. The van der Waals surface area contributed by atoms with Crippen LogP contribution in [-0.2, 0) is 20.9 Å². The highest BCUT2D eigenvalue weighted by atomic mass is 32.1. The van der Waals surface area contributed by atoms with Gasteiger partial charge in [0.2, 0.25) is 5.91 Å². The topological polar surface area (TPSA) is 66.8 Å². The Morgan fingerprint density at radius 3 is 2.59 bits per heavy atom. The summed E-state index contributed by atoms with van der Waals surface area (Å²) in [7, 11) is 3.38. The quantitative estimate of drug-likeness (QED) is 0.342. The molecule has 2 amide bonds. The van der Waals surface area contributed by atoms with E-state index in [0.717, 1.165) is 22.2 Å². The van der Waals surface area contributed by atoms with Gasteiger partial charge in [-0.3, -0.25) is 14.5 Å². The number of aromatic nitrogens is 1. The number of thiocarbonyl (C=S) groups is 1. The van der Waals surface area contributed by atoms with Crippen LogP contribution in [0.25, 0.3) is 17.0 Å². The maximum atomic E-state index is 13.2. The Kier molecular flexibility index (Phi) is 6.34. The number of amides is 2. The van der Waals surface area contributed by atoms with E-state index < -0.39 is 0 Å². The fourth-order valence-electron chi connectivity index (χ4n) is 3.73. The van der Waals surface area contributed by atoms with E-state index in [-0.39, 0.29) is 18.4 Å². The number of nitrogens with zero attached hydrogens (tertiary/aromatic N) is 3. The SMILES string of the molecule is COCCNC(=O)Cn1cc(/C=C2/C(=O)N(c3ccccc3)C(=S)N2C)c2ccccc21. The van der Waals surface area contributed by atoms with Crippen LogP contribution in [0.5, 0.6) is 0 Å². The number of likely N-dealkylation sites (N-methyl/N-ethyl adjacent to an activating group) is 1. The largest absolute Gasteiger partial charge is 0.383 e. The normalized spacial score (nSPS) is 15.2. The third-order valence-corrected chi connectivity index (χ3v) is 5.79. The minimum atomic E-state index is -0.183. The maximum Gasteiger partial charge on any atom is 0.281 e. The highest BCUT2D eigenvalue weighted by Gasteiger charge is 2.36. The number of methoxy groups -OCH3 is 1. The van der Waals surface area contributed by atoms with Crippen LogP contribution in [0.15, 0.2) is 66.5 Å². The van der Waals surface area contributed by atoms with Gasteiger partial charge in [0.1, 0.15) is 12.2 Å². The molecular weight excluding hydrogens is 424 g/mol. The predicted octanol–water partition coefficient (Wildman–Crippen LogP) is 3.01. The number of hydrogen-bond acceptors (Lipinski definition) is 4. The molecule has 164 valence electrons. The molecule has 2 heterocycles. The smallest absolute Gasteiger partial charge is 0.281 e. The molecule has 0 radical (unpaired) electrons. The third kappa shape index (κ3) is 4.15. The summed E-state index contributed by atoms with van der Waals surface area (Å²) in [5.41, 5.74) is 2.97. The minimum absolute atomic E-state index is 0.104. The Morgan fingerprint density at radius 1 is 1.12 bits per heavy atom. The summed E-state index contributed by atoms with van der Waals surface area (Å²) in [5, 5.41) is 4.22. The lowest BCUT2D eigenvalue weighted by atomic mass is 10.1.